The molecule has 2 amide bonds. The van der Waals surface area contributed by atoms with E-state index in [4.69, 9.17) is 4.74 Å². The Bertz CT molecular complexity index is 1180. The summed E-state index contributed by atoms with van der Waals surface area (Å²) in [5.41, 5.74) is 3.28. The molecule has 0 aliphatic carbocycles. The van der Waals surface area contributed by atoms with Crippen molar-refractivity contribution in [2.24, 2.45) is 0 Å². The molecule has 4 rings (SSSR count). The third kappa shape index (κ3) is 4.39. The fraction of sp³-hybridized carbons (Fsp3) is 0.375. The maximum atomic E-state index is 13.0. The molecule has 2 aromatic carbocycles. The summed E-state index contributed by atoms with van der Waals surface area (Å²) < 4.78 is 7.10. The highest BCUT2D eigenvalue weighted by molar-refractivity contribution is 5.91. The third-order valence-corrected chi connectivity index (χ3v) is 5.88. The molecule has 0 bridgehead atoms. The van der Waals surface area contributed by atoms with Crippen LogP contribution in [0.15, 0.2) is 47.3 Å². The van der Waals surface area contributed by atoms with Gasteiger partial charge in [0.05, 0.1) is 23.8 Å². The van der Waals surface area contributed by atoms with Gasteiger partial charge in [0.2, 0.25) is 0 Å². The number of piperidine rings is 1. The van der Waals surface area contributed by atoms with Gasteiger partial charge in [-0.1, -0.05) is 18.2 Å². The van der Waals surface area contributed by atoms with E-state index in [1.165, 1.54) is 0 Å². The number of hydrogen-bond donors (Lipinski definition) is 2. The van der Waals surface area contributed by atoms with E-state index >= 15 is 0 Å². The zero-order valence-electron chi connectivity index (χ0n) is 18.7. The van der Waals surface area contributed by atoms with E-state index in [1.807, 2.05) is 61.2 Å². The van der Waals surface area contributed by atoms with Crippen LogP contribution in [0.25, 0.3) is 11.0 Å². The molecule has 0 saturated carbocycles. The monoisotopic (exact) mass is 435 g/mol. The Morgan fingerprint density at radius 1 is 1.19 bits per heavy atom. The predicted octanol–water partition coefficient (Wildman–Crippen LogP) is 3.52. The van der Waals surface area contributed by atoms with E-state index in [2.05, 4.69) is 15.6 Å². The number of rotatable bonds is 5. The average molecular weight is 436 g/mol. The van der Waals surface area contributed by atoms with Crippen LogP contribution in [0.3, 0.4) is 0 Å². The number of urea groups is 1. The molecule has 1 aromatic heterocycles. The molecule has 0 unspecified atom stereocenters. The van der Waals surface area contributed by atoms with Crippen LogP contribution in [0.2, 0.25) is 0 Å². The van der Waals surface area contributed by atoms with Gasteiger partial charge < -0.3 is 24.8 Å². The zero-order chi connectivity index (χ0) is 22.7. The first-order valence-corrected chi connectivity index (χ1v) is 11.0. The molecule has 1 aliphatic heterocycles. The molecule has 1 fully saturated rings. The summed E-state index contributed by atoms with van der Waals surface area (Å²) in [7, 11) is 1.58. The molecule has 2 N–H and O–H groups in total. The van der Waals surface area contributed by atoms with E-state index in [0.29, 0.717) is 36.9 Å². The highest BCUT2D eigenvalue weighted by Gasteiger charge is 2.24. The molecule has 168 valence electrons. The number of hydrogen-bond acceptors (Lipinski definition) is 5. The van der Waals surface area contributed by atoms with Gasteiger partial charge in [-0.2, -0.15) is 0 Å². The Labute approximate surface area is 187 Å². The summed E-state index contributed by atoms with van der Waals surface area (Å²) >= 11 is 0. The van der Waals surface area contributed by atoms with E-state index in [0.717, 1.165) is 29.4 Å². The molecule has 8 nitrogen and oxygen atoms in total. The summed E-state index contributed by atoms with van der Waals surface area (Å²) in [6, 6.07) is 13.1. The number of nitrogens with zero attached hydrogens (tertiary/aromatic N) is 3. The minimum absolute atomic E-state index is 0.0240. The van der Waals surface area contributed by atoms with Crippen molar-refractivity contribution in [1.82, 2.24) is 14.9 Å². The largest absolute Gasteiger partial charge is 0.495 e. The Morgan fingerprint density at radius 2 is 1.94 bits per heavy atom. The van der Waals surface area contributed by atoms with E-state index in [1.54, 1.807) is 11.7 Å². The van der Waals surface area contributed by atoms with Crippen LogP contribution in [0.5, 0.6) is 5.75 Å². The van der Waals surface area contributed by atoms with Crippen molar-refractivity contribution in [3.05, 3.63) is 58.4 Å². The maximum Gasteiger partial charge on any atom is 0.319 e. The van der Waals surface area contributed by atoms with Gasteiger partial charge in [0.15, 0.2) is 5.82 Å². The fourth-order valence-electron chi connectivity index (χ4n) is 4.20. The van der Waals surface area contributed by atoms with Crippen molar-refractivity contribution >= 4 is 28.6 Å². The Hall–Kier alpha value is -3.55. The molecule has 1 aliphatic rings. The number of fused-ring (bicyclic) bond motifs is 1. The number of carbonyl (C=O) groups is 1. The molecule has 1 saturated heterocycles. The molecular weight excluding hydrogens is 406 g/mol. The van der Waals surface area contributed by atoms with Gasteiger partial charge in [-0.25, -0.2) is 9.78 Å². The fourth-order valence-corrected chi connectivity index (χ4v) is 4.20. The Balaban J connectivity index is 1.42. The van der Waals surface area contributed by atoms with Crippen molar-refractivity contribution in [2.75, 3.05) is 30.4 Å². The Kier molecular flexibility index (Phi) is 6.30. The summed E-state index contributed by atoms with van der Waals surface area (Å²) in [6.45, 7) is 5.84. The second-order valence-corrected chi connectivity index (χ2v) is 8.04. The van der Waals surface area contributed by atoms with Crippen molar-refractivity contribution in [3.8, 4) is 5.75 Å². The van der Waals surface area contributed by atoms with E-state index in [-0.39, 0.29) is 17.6 Å². The van der Waals surface area contributed by atoms with Crippen LogP contribution in [0, 0.1) is 6.92 Å². The number of nitrogens with one attached hydrogen (secondary N) is 2. The van der Waals surface area contributed by atoms with Crippen LogP contribution in [0.1, 0.15) is 25.3 Å². The number of aryl methyl sites for hydroxylation is 2. The number of benzene rings is 2. The lowest BCUT2D eigenvalue weighted by atomic mass is 10.1. The first-order valence-electron chi connectivity index (χ1n) is 11.0. The highest BCUT2D eigenvalue weighted by Crippen LogP contribution is 2.25. The van der Waals surface area contributed by atoms with Crippen molar-refractivity contribution in [2.45, 2.75) is 39.3 Å². The molecule has 0 spiro atoms. The number of amides is 2. The summed E-state index contributed by atoms with van der Waals surface area (Å²) in [4.78, 5) is 32.3. The number of aromatic nitrogens is 2. The third-order valence-electron chi connectivity index (χ3n) is 5.88. The van der Waals surface area contributed by atoms with E-state index in [9.17, 15) is 9.59 Å². The summed E-state index contributed by atoms with van der Waals surface area (Å²) in [5.74, 6) is 1.10. The lowest BCUT2D eigenvalue weighted by Gasteiger charge is -2.33. The van der Waals surface area contributed by atoms with Crippen LogP contribution < -0.4 is 25.8 Å². The number of carbonyl (C=O) groups excluding carboxylic acids is 1. The first-order chi connectivity index (χ1) is 15.5. The Morgan fingerprint density at radius 3 is 2.66 bits per heavy atom. The SMILES string of the molecule is CCn1c(=O)c(N2CCC(NC(=O)Nc3cc(C)ccc3OC)CC2)nc2ccccc21. The average Bonchev–Trinajstić information content (AvgIpc) is 2.79. The summed E-state index contributed by atoms with van der Waals surface area (Å²) in [6.07, 6.45) is 1.47. The molecule has 3 aromatic rings. The molecule has 8 heteroatoms. The highest BCUT2D eigenvalue weighted by atomic mass is 16.5. The van der Waals surface area contributed by atoms with Gasteiger partial charge in [-0.3, -0.25) is 4.79 Å². The second-order valence-electron chi connectivity index (χ2n) is 8.04. The van der Waals surface area contributed by atoms with Crippen molar-refractivity contribution in [1.29, 1.82) is 0 Å². The molecular formula is C24H29N5O3. The minimum Gasteiger partial charge on any atom is -0.495 e. The van der Waals surface area contributed by atoms with Crippen molar-refractivity contribution in [3.63, 3.8) is 0 Å². The van der Waals surface area contributed by atoms with Gasteiger partial charge in [-0.15, -0.1) is 0 Å². The van der Waals surface area contributed by atoms with Crippen LogP contribution in [0.4, 0.5) is 16.3 Å². The second kappa shape index (κ2) is 9.30. The first kappa shape index (κ1) is 21.7. The van der Waals surface area contributed by atoms with Crippen LogP contribution in [-0.2, 0) is 6.54 Å². The predicted molar refractivity (Wildman–Crippen MR) is 127 cm³/mol. The topological polar surface area (TPSA) is 88.5 Å². The number of methoxy groups -OCH3 is 1. The maximum absolute atomic E-state index is 13.0. The standard InChI is InChI=1S/C24H29N5O3/c1-4-29-20-8-6-5-7-18(20)26-22(23(29)30)28-13-11-17(12-14-28)25-24(31)27-19-15-16(2)9-10-21(19)32-3/h5-10,15,17H,4,11-14H2,1-3H3,(H2,25,27,31). The van der Waals surface area contributed by atoms with Crippen LogP contribution >= 0.6 is 0 Å². The van der Waals surface area contributed by atoms with Gasteiger partial charge in [0.1, 0.15) is 5.75 Å². The van der Waals surface area contributed by atoms with Crippen molar-refractivity contribution < 1.29 is 9.53 Å². The van der Waals surface area contributed by atoms with Gasteiger partial charge >= 0.3 is 6.03 Å². The van der Waals surface area contributed by atoms with Gasteiger partial charge in [-0.05, 0) is 56.5 Å². The summed E-state index contributed by atoms with van der Waals surface area (Å²) in [5, 5.41) is 5.92. The molecule has 2 heterocycles. The minimum atomic E-state index is -0.260. The number of ether oxygens (including phenoxy) is 1. The van der Waals surface area contributed by atoms with Gasteiger partial charge in [0, 0.05) is 25.7 Å². The number of para-hydroxylation sites is 2. The zero-order valence-corrected chi connectivity index (χ0v) is 18.7. The van der Waals surface area contributed by atoms with Crippen LogP contribution in [-0.4, -0.2) is 41.8 Å². The quantitative estimate of drug-likeness (QED) is 0.640. The molecule has 0 radical (unpaired) electrons. The lowest BCUT2D eigenvalue weighted by molar-refractivity contribution is 0.246. The molecule has 32 heavy (non-hydrogen) atoms. The lowest BCUT2D eigenvalue weighted by Crippen LogP contribution is -2.47. The molecule has 0 atom stereocenters. The number of anilines is 2. The van der Waals surface area contributed by atoms with Gasteiger partial charge in [0.25, 0.3) is 5.56 Å². The van der Waals surface area contributed by atoms with E-state index < -0.39 is 0 Å². The smallest absolute Gasteiger partial charge is 0.319 e. The normalized spacial score (nSPS) is 14.4.